The quantitative estimate of drug-likeness (QED) is 0.767. The molecule has 0 fully saturated rings. The summed E-state index contributed by atoms with van der Waals surface area (Å²) in [5.41, 5.74) is 2.12. The van der Waals surface area contributed by atoms with E-state index < -0.39 is 5.97 Å². The summed E-state index contributed by atoms with van der Waals surface area (Å²) >= 11 is 0. The minimum Gasteiger partial charge on any atom is -0.550 e. The Hall–Kier alpha value is -2.04. The molecular formula is C13H16NO4-. The van der Waals surface area contributed by atoms with E-state index in [2.05, 4.69) is 5.32 Å². The average Bonchev–Trinajstić information content (AvgIpc) is 2.24. The molecule has 5 nitrogen and oxygen atoms in total. The number of hydrogen-bond donors (Lipinski definition) is 1. The first-order valence-corrected chi connectivity index (χ1v) is 5.65. The molecule has 0 atom stereocenters. The first-order valence-electron chi connectivity index (χ1n) is 5.65. The second-order valence-corrected chi connectivity index (χ2v) is 4.08. The molecule has 0 spiro atoms. The molecule has 0 unspecified atom stereocenters. The van der Waals surface area contributed by atoms with Crippen molar-refractivity contribution in [2.45, 2.75) is 20.3 Å². The fourth-order valence-corrected chi connectivity index (χ4v) is 1.52. The molecule has 0 saturated heterocycles. The molecule has 0 aliphatic heterocycles. The van der Waals surface area contributed by atoms with Gasteiger partial charge in [-0.3, -0.25) is 4.79 Å². The lowest BCUT2D eigenvalue weighted by Gasteiger charge is -2.09. The molecule has 0 radical (unpaired) electrons. The van der Waals surface area contributed by atoms with Gasteiger partial charge < -0.3 is 20.0 Å². The van der Waals surface area contributed by atoms with E-state index in [9.17, 15) is 14.7 Å². The van der Waals surface area contributed by atoms with Crippen LogP contribution >= 0.6 is 0 Å². The summed E-state index contributed by atoms with van der Waals surface area (Å²) in [4.78, 5) is 21.5. The van der Waals surface area contributed by atoms with Crippen LogP contribution in [-0.2, 0) is 9.59 Å². The van der Waals surface area contributed by atoms with Gasteiger partial charge in [-0.1, -0.05) is 6.07 Å². The number of rotatable bonds is 6. The Kier molecular flexibility index (Phi) is 5.17. The van der Waals surface area contributed by atoms with Crippen LogP contribution in [0.25, 0.3) is 0 Å². The smallest absolute Gasteiger partial charge is 0.257 e. The van der Waals surface area contributed by atoms with Gasteiger partial charge in [0.2, 0.25) is 0 Å². The van der Waals surface area contributed by atoms with Crippen LogP contribution in [0.3, 0.4) is 0 Å². The molecule has 18 heavy (non-hydrogen) atoms. The fraction of sp³-hybridized carbons (Fsp3) is 0.385. The summed E-state index contributed by atoms with van der Waals surface area (Å²) < 4.78 is 5.31. The summed E-state index contributed by atoms with van der Waals surface area (Å²) in [5.74, 6) is -0.913. The first kappa shape index (κ1) is 14.0. The zero-order valence-corrected chi connectivity index (χ0v) is 10.5. The highest BCUT2D eigenvalue weighted by molar-refractivity contribution is 5.78. The normalized spacial score (nSPS) is 9.89. The molecule has 1 N–H and O–H groups in total. The van der Waals surface area contributed by atoms with Crippen molar-refractivity contribution in [3.63, 3.8) is 0 Å². The van der Waals surface area contributed by atoms with Crippen molar-refractivity contribution < 1.29 is 19.4 Å². The van der Waals surface area contributed by atoms with Gasteiger partial charge >= 0.3 is 0 Å². The third-order valence-corrected chi connectivity index (χ3v) is 2.22. The molecule has 98 valence electrons. The lowest BCUT2D eigenvalue weighted by atomic mass is 10.1. The third kappa shape index (κ3) is 5.34. The maximum absolute atomic E-state index is 11.3. The molecule has 0 aliphatic carbocycles. The van der Waals surface area contributed by atoms with Gasteiger partial charge in [0.1, 0.15) is 5.75 Å². The molecule has 0 heterocycles. The molecule has 0 bridgehead atoms. The van der Waals surface area contributed by atoms with Gasteiger partial charge in [-0.05, 0) is 37.1 Å². The standard InChI is InChI=1S/C13H17NO4/c1-9-5-10(2)7-11(6-9)18-8-12(15)14-4-3-13(16)17/h5-7H,3-4,8H2,1-2H3,(H,14,15)(H,16,17)/p-1. The van der Waals surface area contributed by atoms with Crippen molar-refractivity contribution in [2.24, 2.45) is 0 Å². The highest BCUT2D eigenvalue weighted by Crippen LogP contribution is 2.15. The number of aliphatic carboxylic acids is 1. The maximum Gasteiger partial charge on any atom is 0.257 e. The Bertz CT molecular complexity index is 422. The molecular weight excluding hydrogens is 234 g/mol. The first-order chi connectivity index (χ1) is 8.47. The molecule has 0 aromatic heterocycles. The van der Waals surface area contributed by atoms with Crippen molar-refractivity contribution in [1.29, 1.82) is 0 Å². The number of carbonyl (C=O) groups is 2. The summed E-state index contributed by atoms with van der Waals surface area (Å²) in [7, 11) is 0. The second kappa shape index (κ2) is 6.64. The fourth-order valence-electron chi connectivity index (χ4n) is 1.52. The van der Waals surface area contributed by atoms with E-state index in [0.29, 0.717) is 5.75 Å². The van der Waals surface area contributed by atoms with E-state index in [0.717, 1.165) is 11.1 Å². The minimum atomic E-state index is -1.19. The predicted molar refractivity (Wildman–Crippen MR) is 64.0 cm³/mol. The Labute approximate surface area is 106 Å². The molecule has 1 aromatic rings. The van der Waals surface area contributed by atoms with Crippen LogP contribution in [-0.4, -0.2) is 25.0 Å². The number of hydrogen-bond acceptors (Lipinski definition) is 4. The molecule has 1 rings (SSSR count). The number of carbonyl (C=O) groups excluding carboxylic acids is 2. The van der Waals surface area contributed by atoms with Gasteiger partial charge in [-0.15, -0.1) is 0 Å². The number of ether oxygens (including phenoxy) is 1. The van der Waals surface area contributed by atoms with Crippen LogP contribution in [0.2, 0.25) is 0 Å². The summed E-state index contributed by atoms with van der Waals surface area (Å²) in [5, 5.41) is 12.6. The number of benzene rings is 1. The van der Waals surface area contributed by atoms with E-state index in [1.807, 2.05) is 32.0 Å². The van der Waals surface area contributed by atoms with Gasteiger partial charge in [0, 0.05) is 18.9 Å². The molecule has 1 amide bonds. The van der Waals surface area contributed by atoms with Gasteiger partial charge in [-0.2, -0.15) is 0 Å². The Morgan fingerprint density at radius 3 is 2.39 bits per heavy atom. The number of amides is 1. The topological polar surface area (TPSA) is 78.5 Å². The van der Waals surface area contributed by atoms with Crippen LogP contribution in [0.4, 0.5) is 0 Å². The van der Waals surface area contributed by atoms with Crippen LogP contribution in [0.1, 0.15) is 17.5 Å². The lowest BCUT2D eigenvalue weighted by Crippen LogP contribution is -2.33. The van der Waals surface area contributed by atoms with E-state index >= 15 is 0 Å². The van der Waals surface area contributed by atoms with Crippen molar-refractivity contribution in [3.8, 4) is 5.75 Å². The van der Waals surface area contributed by atoms with Crippen LogP contribution in [0.15, 0.2) is 18.2 Å². The monoisotopic (exact) mass is 250 g/mol. The zero-order chi connectivity index (χ0) is 13.5. The lowest BCUT2D eigenvalue weighted by molar-refractivity contribution is -0.305. The van der Waals surface area contributed by atoms with Crippen LogP contribution < -0.4 is 15.2 Å². The maximum atomic E-state index is 11.3. The van der Waals surface area contributed by atoms with Gasteiger partial charge in [0.25, 0.3) is 5.91 Å². The van der Waals surface area contributed by atoms with Gasteiger partial charge in [0.05, 0.1) is 0 Å². The van der Waals surface area contributed by atoms with Crippen LogP contribution in [0.5, 0.6) is 5.75 Å². The number of carboxylic acid groups (broad SMARTS) is 1. The second-order valence-electron chi connectivity index (χ2n) is 4.08. The minimum absolute atomic E-state index is 0.0529. The molecule has 0 aliphatic rings. The van der Waals surface area contributed by atoms with E-state index in [4.69, 9.17) is 4.74 Å². The Morgan fingerprint density at radius 1 is 1.22 bits per heavy atom. The van der Waals surface area contributed by atoms with Crippen molar-refractivity contribution in [2.75, 3.05) is 13.2 Å². The largest absolute Gasteiger partial charge is 0.550 e. The van der Waals surface area contributed by atoms with Crippen molar-refractivity contribution in [3.05, 3.63) is 29.3 Å². The van der Waals surface area contributed by atoms with Gasteiger partial charge in [-0.25, -0.2) is 0 Å². The highest BCUT2D eigenvalue weighted by Gasteiger charge is 2.03. The van der Waals surface area contributed by atoms with Crippen molar-refractivity contribution >= 4 is 11.9 Å². The molecule has 1 aromatic carbocycles. The summed E-state index contributed by atoms with van der Waals surface area (Å²) in [6.07, 6.45) is -0.199. The molecule has 5 heteroatoms. The zero-order valence-electron chi connectivity index (χ0n) is 10.5. The van der Waals surface area contributed by atoms with E-state index in [-0.39, 0.29) is 25.5 Å². The SMILES string of the molecule is Cc1cc(C)cc(OCC(=O)NCCC(=O)[O-])c1. The number of nitrogens with one attached hydrogen (secondary N) is 1. The average molecular weight is 250 g/mol. The van der Waals surface area contributed by atoms with Crippen LogP contribution in [0, 0.1) is 13.8 Å². The summed E-state index contributed by atoms with van der Waals surface area (Å²) in [6, 6.07) is 5.68. The van der Waals surface area contributed by atoms with E-state index in [1.54, 1.807) is 0 Å². The van der Waals surface area contributed by atoms with Crippen molar-refractivity contribution in [1.82, 2.24) is 5.32 Å². The number of carboxylic acids is 1. The predicted octanol–water partition coefficient (Wildman–Crippen LogP) is -0.0616. The molecule has 0 saturated carbocycles. The third-order valence-electron chi connectivity index (χ3n) is 2.22. The van der Waals surface area contributed by atoms with Gasteiger partial charge in [0.15, 0.2) is 6.61 Å². The highest BCUT2D eigenvalue weighted by atomic mass is 16.5. The summed E-state index contributed by atoms with van der Waals surface area (Å²) in [6.45, 7) is 3.81. The number of aryl methyl sites for hydroxylation is 2. The van der Waals surface area contributed by atoms with E-state index in [1.165, 1.54) is 0 Å². The Balaban J connectivity index is 2.35. The Morgan fingerprint density at radius 2 is 1.83 bits per heavy atom.